The average molecular weight is 312 g/mol. The fourth-order valence-electron chi connectivity index (χ4n) is 2.56. The number of nitrogens with zero attached hydrogens (tertiary/aromatic N) is 1. The van der Waals surface area contributed by atoms with E-state index in [4.69, 9.17) is 16.3 Å². The molecule has 1 aliphatic rings. The van der Waals surface area contributed by atoms with Crippen molar-refractivity contribution in [3.63, 3.8) is 0 Å². The Labute approximate surface area is 130 Å². The Hall–Kier alpha value is -1.33. The summed E-state index contributed by atoms with van der Waals surface area (Å²) >= 11 is 6.10. The van der Waals surface area contributed by atoms with Crippen molar-refractivity contribution in [3.05, 3.63) is 22.8 Å². The van der Waals surface area contributed by atoms with Crippen molar-refractivity contribution < 1.29 is 9.53 Å². The van der Waals surface area contributed by atoms with Gasteiger partial charge in [0, 0.05) is 13.7 Å². The lowest BCUT2D eigenvalue weighted by Crippen LogP contribution is -2.41. The van der Waals surface area contributed by atoms with Crippen LogP contribution in [0.2, 0.25) is 5.02 Å². The van der Waals surface area contributed by atoms with Gasteiger partial charge in [-0.1, -0.05) is 18.5 Å². The Morgan fingerprint density at radius 1 is 1.48 bits per heavy atom. The predicted molar refractivity (Wildman–Crippen MR) is 83.9 cm³/mol. The van der Waals surface area contributed by atoms with Crippen molar-refractivity contribution >= 4 is 23.3 Å². The highest BCUT2D eigenvalue weighted by Crippen LogP contribution is 2.23. The highest BCUT2D eigenvalue weighted by atomic mass is 35.5. The van der Waals surface area contributed by atoms with Crippen LogP contribution in [0.5, 0.6) is 0 Å². The number of rotatable bonds is 6. The van der Waals surface area contributed by atoms with Crippen LogP contribution in [0.25, 0.3) is 0 Å². The summed E-state index contributed by atoms with van der Waals surface area (Å²) < 4.78 is 5.39. The van der Waals surface area contributed by atoms with Crippen LogP contribution in [0.4, 0.5) is 5.82 Å². The summed E-state index contributed by atoms with van der Waals surface area (Å²) in [6.07, 6.45) is 4.02. The van der Waals surface area contributed by atoms with Gasteiger partial charge in [0.25, 0.3) is 5.91 Å². The molecule has 1 aliphatic carbocycles. The summed E-state index contributed by atoms with van der Waals surface area (Å²) in [4.78, 5) is 16.7. The molecule has 2 atom stereocenters. The van der Waals surface area contributed by atoms with E-state index in [1.54, 1.807) is 19.2 Å². The first-order valence-electron chi connectivity index (χ1n) is 7.39. The van der Waals surface area contributed by atoms with E-state index in [2.05, 4.69) is 22.5 Å². The number of hydrogen-bond donors (Lipinski definition) is 2. The second-order valence-corrected chi connectivity index (χ2v) is 5.65. The Bertz CT molecular complexity index is 496. The number of nitrogens with one attached hydrogen (secondary N) is 2. The monoisotopic (exact) mass is 311 g/mol. The third-order valence-corrected chi connectivity index (χ3v) is 3.99. The van der Waals surface area contributed by atoms with E-state index in [1.807, 2.05) is 0 Å². The fraction of sp³-hybridized carbons (Fsp3) is 0.600. The number of aromatic nitrogens is 1. The largest absolute Gasteiger partial charge is 0.379 e. The summed E-state index contributed by atoms with van der Waals surface area (Å²) in [6.45, 7) is 2.88. The average Bonchev–Trinajstić information content (AvgIpc) is 2.93. The second kappa shape index (κ2) is 7.61. The minimum Gasteiger partial charge on any atom is -0.379 e. The Morgan fingerprint density at radius 3 is 3.00 bits per heavy atom. The van der Waals surface area contributed by atoms with Gasteiger partial charge in [-0.3, -0.25) is 4.79 Å². The standard InChI is InChI=1S/C15H22ClN3O2/c1-3-9-17-13-8-7-10(16)14(19-13)15(20)18-11-5-4-6-12(11)21-2/h7-8,11-12H,3-6,9H2,1-2H3,(H,17,19)(H,18,20). The Morgan fingerprint density at radius 2 is 2.29 bits per heavy atom. The van der Waals surface area contributed by atoms with Gasteiger partial charge in [0.1, 0.15) is 11.5 Å². The van der Waals surface area contributed by atoms with Crippen molar-refractivity contribution in [2.45, 2.75) is 44.8 Å². The summed E-state index contributed by atoms with van der Waals surface area (Å²) in [5, 5.41) is 6.50. The van der Waals surface area contributed by atoms with Crippen LogP contribution in [-0.2, 0) is 4.74 Å². The third-order valence-electron chi connectivity index (χ3n) is 3.69. The van der Waals surface area contributed by atoms with E-state index < -0.39 is 0 Å². The molecule has 1 amide bonds. The second-order valence-electron chi connectivity index (χ2n) is 5.24. The molecule has 0 aromatic carbocycles. The summed E-state index contributed by atoms with van der Waals surface area (Å²) in [7, 11) is 1.68. The smallest absolute Gasteiger partial charge is 0.271 e. The van der Waals surface area contributed by atoms with Gasteiger partial charge in [0.2, 0.25) is 0 Å². The summed E-state index contributed by atoms with van der Waals surface area (Å²) in [5.74, 6) is 0.426. The zero-order valence-corrected chi connectivity index (χ0v) is 13.2. The number of carbonyl (C=O) groups is 1. The van der Waals surface area contributed by atoms with Crippen LogP contribution < -0.4 is 10.6 Å². The molecule has 21 heavy (non-hydrogen) atoms. The molecule has 0 aliphatic heterocycles. The molecule has 0 saturated heterocycles. The molecular formula is C15H22ClN3O2. The molecule has 2 N–H and O–H groups in total. The first-order valence-corrected chi connectivity index (χ1v) is 7.77. The molecule has 1 heterocycles. The van der Waals surface area contributed by atoms with Crippen LogP contribution in [0.15, 0.2) is 12.1 Å². The molecule has 116 valence electrons. The van der Waals surface area contributed by atoms with E-state index in [-0.39, 0.29) is 23.7 Å². The van der Waals surface area contributed by atoms with Gasteiger partial charge in [-0.05, 0) is 37.8 Å². The van der Waals surface area contributed by atoms with Crippen LogP contribution >= 0.6 is 11.6 Å². The normalized spacial score (nSPS) is 21.3. The minimum absolute atomic E-state index is 0.0348. The van der Waals surface area contributed by atoms with Crippen molar-refractivity contribution in [2.75, 3.05) is 19.0 Å². The zero-order chi connectivity index (χ0) is 15.2. The van der Waals surface area contributed by atoms with Gasteiger partial charge >= 0.3 is 0 Å². The van der Waals surface area contributed by atoms with E-state index in [0.717, 1.165) is 32.2 Å². The van der Waals surface area contributed by atoms with E-state index >= 15 is 0 Å². The minimum atomic E-state index is -0.242. The van der Waals surface area contributed by atoms with Crippen LogP contribution in [-0.4, -0.2) is 36.7 Å². The number of ether oxygens (including phenoxy) is 1. The van der Waals surface area contributed by atoms with Crippen molar-refractivity contribution in [2.24, 2.45) is 0 Å². The number of methoxy groups -OCH3 is 1. The maximum absolute atomic E-state index is 12.4. The van der Waals surface area contributed by atoms with Gasteiger partial charge in [-0.2, -0.15) is 0 Å². The lowest BCUT2D eigenvalue weighted by Gasteiger charge is -2.19. The highest BCUT2D eigenvalue weighted by Gasteiger charge is 2.29. The first-order chi connectivity index (χ1) is 10.2. The van der Waals surface area contributed by atoms with Crippen molar-refractivity contribution in [3.8, 4) is 0 Å². The number of anilines is 1. The zero-order valence-electron chi connectivity index (χ0n) is 12.5. The number of halogens is 1. The van der Waals surface area contributed by atoms with Crippen LogP contribution in [0.3, 0.4) is 0 Å². The molecule has 5 nitrogen and oxygen atoms in total. The fourth-order valence-corrected chi connectivity index (χ4v) is 2.75. The molecule has 2 rings (SSSR count). The molecule has 1 fully saturated rings. The number of carbonyl (C=O) groups excluding carboxylic acids is 1. The maximum atomic E-state index is 12.4. The van der Waals surface area contributed by atoms with Crippen molar-refractivity contribution in [1.29, 1.82) is 0 Å². The van der Waals surface area contributed by atoms with E-state index in [0.29, 0.717) is 10.8 Å². The van der Waals surface area contributed by atoms with Gasteiger partial charge < -0.3 is 15.4 Å². The van der Waals surface area contributed by atoms with Gasteiger partial charge in [0.05, 0.1) is 17.2 Å². The predicted octanol–water partition coefficient (Wildman–Crippen LogP) is 2.85. The first kappa shape index (κ1) is 16.0. The molecule has 0 spiro atoms. The van der Waals surface area contributed by atoms with E-state index in [9.17, 15) is 4.79 Å². The quantitative estimate of drug-likeness (QED) is 0.848. The van der Waals surface area contributed by atoms with E-state index in [1.165, 1.54) is 0 Å². The highest BCUT2D eigenvalue weighted by molar-refractivity contribution is 6.33. The molecule has 1 saturated carbocycles. The molecule has 6 heteroatoms. The number of pyridine rings is 1. The van der Waals surface area contributed by atoms with Crippen molar-refractivity contribution in [1.82, 2.24) is 10.3 Å². The van der Waals surface area contributed by atoms with Crippen LogP contribution in [0, 0.1) is 0 Å². The Balaban J connectivity index is 2.07. The van der Waals surface area contributed by atoms with Gasteiger partial charge in [-0.25, -0.2) is 4.98 Å². The third kappa shape index (κ3) is 4.08. The van der Waals surface area contributed by atoms with Gasteiger partial charge in [0.15, 0.2) is 0 Å². The molecule has 0 bridgehead atoms. The lowest BCUT2D eigenvalue weighted by molar-refractivity contribution is 0.0719. The number of hydrogen-bond acceptors (Lipinski definition) is 4. The molecular weight excluding hydrogens is 290 g/mol. The molecule has 1 aromatic heterocycles. The molecule has 0 radical (unpaired) electrons. The SMILES string of the molecule is CCCNc1ccc(Cl)c(C(=O)NC2CCCC2OC)n1. The van der Waals surface area contributed by atoms with Crippen LogP contribution in [0.1, 0.15) is 43.1 Å². The van der Waals surface area contributed by atoms with Gasteiger partial charge in [-0.15, -0.1) is 0 Å². The topological polar surface area (TPSA) is 63.2 Å². The maximum Gasteiger partial charge on any atom is 0.271 e. The summed E-state index contributed by atoms with van der Waals surface area (Å²) in [6, 6.07) is 3.51. The lowest BCUT2D eigenvalue weighted by atomic mass is 10.2. The molecule has 2 unspecified atom stereocenters. The summed E-state index contributed by atoms with van der Waals surface area (Å²) in [5.41, 5.74) is 0.263. The molecule has 1 aromatic rings. The Kier molecular flexibility index (Phi) is 5.82. The number of amides is 1.